The normalized spacial score (nSPS) is 20.7. The fourth-order valence-corrected chi connectivity index (χ4v) is 2.81. The highest BCUT2D eigenvalue weighted by Gasteiger charge is 2.34. The molecule has 2 atom stereocenters. The molecule has 0 aromatic heterocycles. The number of hydrogen-bond acceptors (Lipinski definition) is 2. The predicted molar refractivity (Wildman–Crippen MR) is 83.4 cm³/mol. The van der Waals surface area contributed by atoms with Crippen LogP contribution in [0.5, 0.6) is 0 Å². The third kappa shape index (κ3) is 4.90. The van der Waals surface area contributed by atoms with E-state index in [4.69, 9.17) is 0 Å². The largest absolute Gasteiger partial charge is 0.480 e. The minimum absolute atomic E-state index is 0.0906. The highest BCUT2D eigenvalue weighted by atomic mass is 16.4. The number of nitrogens with zero attached hydrogens (tertiary/aromatic N) is 2. The second kappa shape index (κ2) is 8.90. The van der Waals surface area contributed by atoms with Crippen molar-refractivity contribution >= 4 is 12.0 Å². The summed E-state index contributed by atoms with van der Waals surface area (Å²) in [4.78, 5) is 27.8. The van der Waals surface area contributed by atoms with E-state index in [1.807, 2.05) is 11.8 Å². The Kier molecular flexibility index (Phi) is 7.54. The van der Waals surface area contributed by atoms with Gasteiger partial charge in [0.15, 0.2) is 0 Å². The predicted octanol–water partition coefficient (Wildman–Crippen LogP) is 3.34. The standard InChI is InChI=1S/C16H30N2O3/c1-4-6-11-17(13(3)5-2)16(21)18-12-9-7-8-10-14(18)15(19)20/h13-14H,4-12H2,1-3H3,(H,19,20). The molecule has 1 heterocycles. The van der Waals surface area contributed by atoms with Crippen LogP contribution in [0.15, 0.2) is 0 Å². The lowest BCUT2D eigenvalue weighted by atomic mass is 10.1. The Hall–Kier alpha value is -1.26. The Morgan fingerprint density at radius 3 is 2.57 bits per heavy atom. The first kappa shape index (κ1) is 17.8. The molecule has 1 fully saturated rings. The van der Waals surface area contributed by atoms with Crippen LogP contribution in [0.3, 0.4) is 0 Å². The van der Waals surface area contributed by atoms with Crippen LogP contribution in [0, 0.1) is 0 Å². The summed E-state index contributed by atoms with van der Waals surface area (Å²) in [5, 5.41) is 9.42. The fourth-order valence-electron chi connectivity index (χ4n) is 2.81. The molecule has 0 radical (unpaired) electrons. The smallest absolute Gasteiger partial charge is 0.326 e. The van der Waals surface area contributed by atoms with E-state index in [1.54, 1.807) is 4.90 Å². The van der Waals surface area contributed by atoms with Gasteiger partial charge in [-0.15, -0.1) is 0 Å². The summed E-state index contributed by atoms with van der Waals surface area (Å²) >= 11 is 0. The second-order valence-electron chi connectivity index (χ2n) is 5.98. The minimum Gasteiger partial charge on any atom is -0.480 e. The van der Waals surface area contributed by atoms with E-state index >= 15 is 0 Å². The number of carbonyl (C=O) groups is 2. The highest BCUT2D eigenvalue weighted by molar-refractivity contribution is 5.83. The van der Waals surface area contributed by atoms with E-state index in [1.165, 1.54) is 0 Å². The van der Waals surface area contributed by atoms with Crippen molar-refractivity contribution in [1.29, 1.82) is 0 Å². The molecule has 0 bridgehead atoms. The summed E-state index contributed by atoms with van der Waals surface area (Å²) in [5.74, 6) is -0.871. The molecule has 1 saturated heterocycles. The lowest BCUT2D eigenvalue weighted by molar-refractivity contribution is -0.142. The van der Waals surface area contributed by atoms with Gasteiger partial charge in [0.05, 0.1) is 0 Å². The number of carboxylic acid groups (broad SMARTS) is 1. The number of aliphatic carboxylic acids is 1. The molecule has 5 nitrogen and oxygen atoms in total. The van der Waals surface area contributed by atoms with Crippen LogP contribution in [0.25, 0.3) is 0 Å². The Morgan fingerprint density at radius 2 is 2.00 bits per heavy atom. The van der Waals surface area contributed by atoms with Crippen LogP contribution >= 0.6 is 0 Å². The zero-order valence-electron chi connectivity index (χ0n) is 13.7. The first-order valence-electron chi connectivity index (χ1n) is 8.32. The average Bonchev–Trinajstić information content (AvgIpc) is 2.72. The number of unbranched alkanes of at least 4 members (excludes halogenated alkanes) is 1. The average molecular weight is 298 g/mol. The van der Waals surface area contributed by atoms with Gasteiger partial charge in [0.25, 0.3) is 0 Å². The molecule has 1 rings (SSSR count). The number of amides is 2. The Bertz CT molecular complexity index is 346. The Morgan fingerprint density at radius 1 is 1.29 bits per heavy atom. The van der Waals surface area contributed by atoms with Crippen molar-refractivity contribution in [3.63, 3.8) is 0 Å². The van der Waals surface area contributed by atoms with Gasteiger partial charge >= 0.3 is 12.0 Å². The number of urea groups is 1. The summed E-state index contributed by atoms with van der Waals surface area (Å²) in [5.41, 5.74) is 0. The molecular weight excluding hydrogens is 268 g/mol. The summed E-state index contributed by atoms with van der Waals surface area (Å²) in [6.07, 6.45) is 6.25. The van der Waals surface area contributed by atoms with Crippen LogP contribution in [0.2, 0.25) is 0 Å². The van der Waals surface area contributed by atoms with Crippen LogP contribution in [0.1, 0.15) is 65.7 Å². The van der Waals surface area contributed by atoms with E-state index in [0.717, 1.165) is 38.5 Å². The fraction of sp³-hybridized carbons (Fsp3) is 0.875. The maximum atomic E-state index is 12.9. The molecule has 21 heavy (non-hydrogen) atoms. The van der Waals surface area contributed by atoms with Crippen molar-refractivity contribution in [2.24, 2.45) is 0 Å². The van der Waals surface area contributed by atoms with Gasteiger partial charge in [-0.2, -0.15) is 0 Å². The van der Waals surface area contributed by atoms with Gasteiger partial charge in [-0.25, -0.2) is 9.59 Å². The van der Waals surface area contributed by atoms with Gasteiger partial charge in [0.2, 0.25) is 0 Å². The lowest BCUT2D eigenvalue weighted by Gasteiger charge is -2.36. The molecule has 0 aliphatic carbocycles. The van der Waals surface area contributed by atoms with E-state index in [9.17, 15) is 14.7 Å². The SMILES string of the molecule is CCCCN(C(=O)N1CCCCCC1C(=O)O)C(C)CC. The zero-order chi connectivity index (χ0) is 15.8. The van der Waals surface area contributed by atoms with Gasteiger partial charge in [0.1, 0.15) is 6.04 Å². The number of likely N-dealkylation sites (tertiary alicyclic amines) is 1. The monoisotopic (exact) mass is 298 g/mol. The lowest BCUT2D eigenvalue weighted by Crippen LogP contribution is -2.53. The molecule has 1 aliphatic rings. The molecule has 0 spiro atoms. The van der Waals surface area contributed by atoms with Crippen LogP contribution < -0.4 is 0 Å². The van der Waals surface area contributed by atoms with Gasteiger partial charge in [-0.3, -0.25) is 0 Å². The molecule has 0 aromatic rings. The van der Waals surface area contributed by atoms with E-state index < -0.39 is 12.0 Å². The van der Waals surface area contributed by atoms with E-state index in [-0.39, 0.29) is 12.1 Å². The molecule has 2 amide bonds. The van der Waals surface area contributed by atoms with Gasteiger partial charge in [0, 0.05) is 19.1 Å². The molecule has 0 saturated carbocycles. The molecule has 2 unspecified atom stereocenters. The van der Waals surface area contributed by atoms with Crippen LogP contribution in [-0.4, -0.2) is 52.1 Å². The van der Waals surface area contributed by atoms with Crippen LogP contribution in [-0.2, 0) is 4.79 Å². The molecule has 1 aliphatic heterocycles. The molecule has 1 N–H and O–H groups in total. The van der Waals surface area contributed by atoms with Crippen molar-refractivity contribution in [3.05, 3.63) is 0 Å². The minimum atomic E-state index is -0.871. The Labute approximate surface area is 128 Å². The number of rotatable bonds is 6. The number of carboxylic acids is 1. The van der Waals surface area contributed by atoms with E-state index in [2.05, 4.69) is 13.8 Å². The number of hydrogen-bond donors (Lipinski definition) is 1. The topological polar surface area (TPSA) is 60.9 Å². The van der Waals surface area contributed by atoms with Crippen molar-refractivity contribution in [2.45, 2.75) is 77.8 Å². The zero-order valence-corrected chi connectivity index (χ0v) is 13.7. The Balaban J connectivity index is 2.88. The van der Waals surface area contributed by atoms with Crippen molar-refractivity contribution < 1.29 is 14.7 Å². The maximum absolute atomic E-state index is 12.9. The van der Waals surface area contributed by atoms with Gasteiger partial charge in [-0.05, 0) is 32.6 Å². The third-order valence-corrected chi connectivity index (χ3v) is 4.40. The third-order valence-electron chi connectivity index (χ3n) is 4.40. The molecular formula is C16H30N2O3. The van der Waals surface area contributed by atoms with Crippen molar-refractivity contribution in [2.75, 3.05) is 13.1 Å². The second-order valence-corrected chi connectivity index (χ2v) is 5.98. The van der Waals surface area contributed by atoms with Gasteiger partial charge < -0.3 is 14.9 Å². The van der Waals surface area contributed by atoms with E-state index in [0.29, 0.717) is 19.5 Å². The number of carbonyl (C=O) groups excluding carboxylic acids is 1. The first-order valence-corrected chi connectivity index (χ1v) is 8.32. The summed E-state index contributed by atoms with van der Waals surface area (Å²) in [6, 6.07) is -0.595. The first-order chi connectivity index (χ1) is 10.0. The maximum Gasteiger partial charge on any atom is 0.326 e. The molecule has 5 heteroatoms. The summed E-state index contributed by atoms with van der Waals surface area (Å²) in [6.45, 7) is 7.49. The summed E-state index contributed by atoms with van der Waals surface area (Å²) in [7, 11) is 0. The molecule has 0 aromatic carbocycles. The van der Waals surface area contributed by atoms with Crippen LogP contribution in [0.4, 0.5) is 4.79 Å². The highest BCUT2D eigenvalue weighted by Crippen LogP contribution is 2.20. The molecule has 122 valence electrons. The summed E-state index contributed by atoms with van der Waals surface area (Å²) < 4.78 is 0. The van der Waals surface area contributed by atoms with Crippen molar-refractivity contribution in [3.8, 4) is 0 Å². The van der Waals surface area contributed by atoms with Crippen molar-refractivity contribution in [1.82, 2.24) is 9.80 Å². The van der Waals surface area contributed by atoms with Gasteiger partial charge in [-0.1, -0.05) is 33.1 Å². The quantitative estimate of drug-likeness (QED) is 0.818.